The Morgan fingerprint density at radius 1 is 1.40 bits per heavy atom. The molecule has 1 N–H and O–H groups in total. The summed E-state index contributed by atoms with van der Waals surface area (Å²) in [5.74, 6) is 0.913. The van der Waals surface area contributed by atoms with Gasteiger partial charge in [0.15, 0.2) is 0 Å². The molecule has 2 heterocycles. The van der Waals surface area contributed by atoms with Crippen molar-refractivity contribution in [2.75, 3.05) is 19.0 Å². The topological polar surface area (TPSA) is 39.1 Å². The van der Waals surface area contributed by atoms with Crippen molar-refractivity contribution in [2.45, 2.75) is 40.3 Å². The summed E-state index contributed by atoms with van der Waals surface area (Å²) < 4.78 is 7.37. The van der Waals surface area contributed by atoms with Gasteiger partial charge in [0.1, 0.15) is 0 Å². The monoisotopic (exact) mass is 293 g/mol. The van der Waals surface area contributed by atoms with Crippen LogP contribution in [0.5, 0.6) is 0 Å². The normalized spacial score (nSPS) is 12.7. The Kier molecular flexibility index (Phi) is 4.83. The SMILES string of the molecule is COCC(C)n1cc(C)nc1NCc1cc(C)c(C)s1. The molecule has 0 bridgehead atoms. The molecule has 1 unspecified atom stereocenters. The van der Waals surface area contributed by atoms with Gasteiger partial charge < -0.3 is 14.6 Å². The van der Waals surface area contributed by atoms with E-state index in [1.807, 2.05) is 18.3 Å². The van der Waals surface area contributed by atoms with Gasteiger partial charge in [-0.2, -0.15) is 0 Å². The van der Waals surface area contributed by atoms with E-state index in [9.17, 15) is 0 Å². The first-order valence-electron chi connectivity index (χ1n) is 6.85. The first kappa shape index (κ1) is 15.1. The molecule has 4 nitrogen and oxygen atoms in total. The fraction of sp³-hybridized carbons (Fsp3) is 0.533. The van der Waals surface area contributed by atoms with E-state index in [0.29, 0.717) is 6.61 Å². The number of methoxy groups -OCH3 is 1. The first-order valence-corrected chi connectivity index (χ1v) is 7.67. The Labute approximate surface area is 124 Å². The lowest BCUT2D eigenvalue weighted by Crippen LogP contribution is -2.14. The summed E-state index contributed by atoms with van der Waals surface area (Å²) in [5, 5.41) is 3.44. The molecule has 0 radical (unpaired) electrons. The third kappa shape index (κ3) is 3.41. The molecule has 1 atom stereocenters. The van der Waals surface area contributed by atoms with Gasteiger partial charge in [-0.25, -0.2) is 4.98 Å². The Morgan fingerprint density at radius 2 is 2.15 bits per heavy atom. The minimum Gasteiger partial charge on any atom is -0.383 e. The maximum Gasteiger partial charge on any atom is 0.203 e. The van der Waals surface area contributed by atoms with Crippen molar-refractivity contribution in [3.8, 4) is 0 Å². The maximum absolute atomic E-state index is 5.23. The van der Waals surface area contributed by atoms with Crippen LogP contribution in [0.1, 0.15) is 34.0 Å². The molecule has 0 aliphatic carbocycles. The molecular weight excluding hydrogens is 270 g/mol. The molecule has 5 heteroatoms. The molecule has 0 aliphatic heterocycles. The lowest BCUT2D eigenvalue weighted by atomic mass is 10.3. The summed E-state index contributed by atoms with van der Waals surface area (Å²) >= 11 is 1.84. The number of thiophene rings is 1. The summed E-state index contributed by atoms with van der Waals surface area (Å²) in [6, 6.07) is 2.52. The minimum atomic E-state index is 0.274. The second-order valence-electron chi connectivity index (χ2n) is 5.22. The number of imidazole rings is 1. The number of aromatic nitrogens is 2. The summed E-state index contributed by atoms with van der Waals surface area (Å²) in [6.07, 6.45) is 2.07. The van der Waals surface area contributed by atoms with E-state index in [2.05, 4.69) is 47.9 Å². The number of hydrogen-bond acceptors (Lipinski definition) is 4. The van der Waals surface area contributed by atoms with Crippen LogP contribution < -0.4 is 5.32 Å². The number of anilines is 1. The van der Waals surface area contributed by atoms with Crippen LogP contribution in [0.15, 0.2) is 12.3 Å². The van der Waals surface area contributed by atoms with Crippen LogP contribution in [0.3, 0.4) is 0 Å². The van der Waals surface area contributed by atoms with Gasteiger partial charge in [-0.3, -0.25) is 0 Å². The van der Waals surface area contributed by atoms with E-state index in [4.69, 9.17) is 4.74 Å². The lowest BCUT2D eigenvalue weighted by molar-refractivity contribution is 0.163. The first-order chi connectivity index (χ1) is 9.51. The van der Waals surface area contributed by atoms with Gasteiger partial charge in [0.25, 0.3) is 0 Å². The number of nitrogens with zero attached hydrogens (tertiary/aromatic N) is 2. The molecule has 0 aliphatic rings. The zero-order valence-electron chi connectivity index (χ0n) is 12.9. The Morgan fingerprint density at radius 3 is 2.75 bits per heavy atom. The highest BCUT2D eigenvalue weighted by atomic mass is 32.1. The maximum atomic E-state index is 5.23. The van der Waals surface area contributed by atoms with E-state index >= 15 is 0 Å². The standard InChI is InChI=1S/C15H23N3OS/c1-10-6-14(20-13(10)4)7-16-15-17-11(2)8-18(15)12(3)9-19-5/h6,8,12H,7,9H2,1-5H3,(H,16,17). The summed E-state index contributed by atoms with van der Waals surface area (Å²) in [5.41, 5.74) is 2.38. The number of rotatable bonds is 6. The molecule has 0 amide bonds. The van der Waals surface area contributed by atoms with Crippen LogP contribution >= 0.6 is 11.3 Å². The van der Waals surface area contributed by atoms with Gasteiger partial charge in [-0.05, 0) is 39.3 Å². The van der Waals surface area contributed by atoms with E-state index in [-0.39, 0.29) is 6.04 Å². The molecule has 2 aromatic heterocycles. The smallest absolute Gasteiger partial charge is 0.203 e. The average molecular weight is 293 g/mol. The zero-order chi connectivity index (χ0) is 14.7. The average Bonchev–Trinajstić information content (AvgIpc) is 2.91. The second kappa shape index (κ2) is 6.41. The van der Waals surface area contributed by atoms with Gasteiger partial charge in [0.05, 0.1) is 24.9 Å². The van der Waals surface area contributed by atoms with Crippen LogP contribution in [-0.2, 0) is 11.3 Å². The van der Waals surface area contributed by atoms with Crippen molar-refractivity contribution < 1.29 is 4.74 Å². The molecule has 20 heavy (non-hydrogen) atoms. The third-order valence-electron chi connectivity index (χ3n) is 3.37. The zero-order valence-corrected chi connectivity index (χ0v) is 13.7. The highest BCUT2D eigenvalue weighted by Gasteiger charge is 2.12. The molecule has 110 valence electrons. The number of nitrogens with one attached hydrogen (secondary N) is 1. The van der Waals surface area contributed by atoms with E-state index in [0.717, 1.165) is 18.2 Å². The third-order valence-corrected chi connectivity index (χ3v) is 4.53. The summed E-state index contributed by atoms with van der Waals surface area (Å²) in [4.78, 5) is 7.28. The van der Waals surface area contributed by atoms with Crippen molar-refractivity contribution in [1.29, 1.82) is 0 Å². The molecule has 0 spiro atoms. The minimum absolute atomic E-state index is 0.274. The van der Waals surface area contributed by atoms with Crippen molar-refractivity contribution in [3.63, 3.8) is 0 Å². The van der Waals surface area contributed by atoms with Gasteiger partial charge in [-0.15, -0.1) is 11.3 Å². The van der Waals surface area contributed by atoms with Gasteiger partial charge in [0, 0.05) is 23.1 Å². The molecule has 2 rings (SSSR count). The van der Waals surface area contributed by atoms with Crippen molar-refractivity contribution >= 4 is 17.3 Å². The lowest BCUT2D eigenvalue weighted by Gasteiger charge is -2.15. The van der Waals surface area contributed by atoms with Crippen molar-refractivity contribution in [2.24, 2.45) is 0 Å². The Hall–Kier alpha value is -1.33. The van der Waals surface area contributed by atoms with E-state index < -0.39 is 0 Å². The Bertz CT molecular complexity index is 554. The van der Waals surface area contributed by atoms with Crippen molar-refractivity contribution in [3.05, 3.63) is 33.3 Å². The molecular formula is C15H23N3OS. The molecule has 2 aromatic rings. The fourth-order valence-electron chi connectivity index (χ4n) is 2.21. The van der Waals surface area contributed by atoms with Gasteiger partial charge in [-0.1, -0.05) is 0 Å². The van der Waals surface area contributed by atoms with Crippen LogP contribution in [-0.4, -0.2) is 23.3 Å². The van der Waals surface area contributed by atoms with E-state index in [1.165, 1.54) is 15.3 Å². The largest absolute Gasteiger partial charge is 0.383 e. The summed E-state index contributed by atoms with van der Waals surface area (Å²) in [7, 11) is 1.73. The van der Waals surface area contributed by atoms with Crippen LogP contribution in [0.25, 0.3) is 0 Å². The summed E-state index contributed by atoms with van der Waals surface area (Å²) in [6.45, 7) is 9.96. The molecule has 0 saturated heterocycles. The van der Waals surface area contributed by atoms with Crippen molar-refractivity contribution in [1.82, 2.24) is 9.55 Å². The fourth-order valence-corrected chi connectivity index (χ4v) is 3.20. The number of hydrogen-bond donors (Lipinski definition) is 1. The predicted molar refractivity (Wildman–Crippen MR) is 84.7 cm³/mol. The number of ether oxygens (including phenoxy) is 1. The predicted octanol–water partition coefficient (Wildman–Crippen LogP) is 3.69. The number of aryl methyl sites for hydroxylation is 3. The highest BCUT2D eigenvalue weighted by molar-refractivity contribution is 7.12. The van der Waals surface area contributed by atoms with Crippen LogP contribution in [0.2, 0.25) is 0 Å². The van der Waals surface area contributed by atoms with Gasteiger partial charge >= 0.3 is 0 Å². The van der Waals surface area contributed by atoms with Crippen LogP contribution in [0.4, 0.5) is 5.95 Å². The molecule has 0 aromatic carbocycles. The van der Waals surface area contributed by atoms with E-state index in [1.54, 1.807) is 7.11 Å². The Balaban J connectivity index is 2.09. The second-order valence-corrected chi connectivity index (χ2v) is 6.56. The van der Waals surface area contributed by atoms with Crippen LogP contribution in [0, 0.1) is 20.8 Å². The molecule has 0 saturated carbocycles. The van der Waals surface area contributed by atoms with Gasteiger partial charge in [0.2, 0.25) is 5.95 Å². The molecule has 0 fully saturated rings. The quantitative estimate of drug-likeness (QED) is 0.883. The highest BCUT2D eigenvalue weighted by Crippen LogP contribution is 2.22.